The number of hydrogen-bond acceptors (Lipinski definition) is 15. The van der Waals surface area contributed by atoms with Crippen molar-refractivity contribution in [2.24, 2.45) is 23.7 Å². The molecule has 1 aliphatic rings. The number of benzene rings is 2. The fraction of sp³-hybridized carbons (Fsp3) is 0.550. The van der Waals surface area contributed by atoms with Crippen LogP contribution in [0.5, 0.6) is 0 Å². The van der Waals surface area contributed by atoms with Crippen molar-refractivity contribution in [1.29, 1.82) is 0 Å². The van der Waals surface area contributed by atoms with Gasteiger partial charge in [-0.25, -0.2) is 29.1 Å². The lowest BCUT2D eigenvalue weighted by atomic mass is 9.99. The smallest absolute Gasteiger partial charge is 0.329 e. The highest BCUT2D eigenvalue weighted by Crippen LogP contribution is 2.25. The Labute approximate surface area is 470 Å². The van der Waals surface area contributed by atoms with Crippen LogP contribution in [-0.4, -0.2) is 164 Å². The van der Waals surface area contributed by atoms with E-state index in [9.17, 15) is 33.6 Å². The van der Waals surface area contributed by atoms with Gasteiger partial charge in [0.15, 0.2) is 24.4 Å². The fourth-order valence-electron chi connectivity index (χ4n) is 9.53. The molecule has 0 saturated carbocycles. The van der Waals surface area contributed by atoms with Crippen LogP contribution in [0.15, 0.2) is 85.6 Å². The number of hydrogen-bond donors (Lipinski definition) is 0. The Bertz CT molecular complexity index is 2720. The zero-order valence-electron chi connectivity index (χ0n) is 48.9. The van der Waals surface area contributed by atoms with Gasteiger partial charge in [0.2, 0.25) is 0 Å². The van der Waals surface area contributed by atoms with Gasteiger partial charge in [-0.15, -0.1) is 0 Å². The zero-order chi connectivity index (χ0) is 59.1. The summed E-state index contributed by atoms with van der Waals surface area (Å²) in [6, 6.07) is 12.8. The van der Waals surface area contributed by atoms with E-state index in [1.165, 1.54) is 48.4 Å². The molecule has 20 nitrogen and oxygen atoms in total. The van der Waals surface area contributed by atoms with Crippen molar-refractivity contribution >= 4 is 47.5 Å². The van der Waals surface area contributed by atoms with E-state index >= 15 is 4.79 Å². The van der Waals surface area contributed by atoms with Crippen LogP contribution in [0.3, 0.4) is 0 Å². The molecule has 8 atom stereocenters. The number of amides is 4. The lowest BCUT2D eigenvalue weighted by Crippen LogP contribution is -2.55. The Morgan fingerprint density at radius 3 is 1.24 bits per heavy atom. The highest BCUT2D eigenvalue weighted by Gasteiger charge is 2.43. The van der Waals surface area contributed by atoms with E-state index in [4.69, 9.17) is 18.9 Å². The standard InChI is InChI=1S/C60H82N8O12/c1-36(2)26-47-57(73)77-41(10)54(70)65(12)50(29-39(7)8)60(76)80-52(31-43-20-22-44(23-21-43)33-68-34-45(32-63-68)46-24-25-61-35-62-46)56(72)67(14)48(27-37(3)4)58(74)78-40(9)53(69)64(11)49(28-38(5)6)59(75)79-51(55(71)66(47)13)30-42-18-16-15-17-19-42/h15-25,32,34-41,47-52H,26-31,33H2,1-14H3/t40-,41-,47+,48+,49+,50+,51-,52-/m1/s1. The minimum absolute atomic E-state index is 0.0784. The van der Waals surface area contributed by atoms with Gasteiger partial charge in [0.05, 0.1) is 18.4 Å². The summed E-state index contributed by atoms with van der Waals surface area (Å²) in [5, 5.41) is 4.49. The van der Waals surface area contributed by atoms with Crippen LogP contribution in [0, 0.1) is 23.7 Å². The topological polar surface area (TPSA) is 230 Å². The molecule has 2 aromatic carbocycles. The summed E-state index contributed by atoms with van der Waals surface area (Å²) in [5.74, 6) is -7.40. The second kappa shape index (κ2) is 29.1. The Balaban J connectivity index is 1.57. The summed E-state index contributed by atoms with van der Waals surface area (Å²) < 4.78 is 25.8. The van der Waals surface area contributed by atoms with E-state index in [-0.39, 0.29) is 62.2 Å². The minimum Gasteiger partial charge on any atom is -0.451 e. The first-order valence-corrected chi connectivity index (χ1v) is 27.5. The number of rotatable bonds is 15. The molecule has 1 aliphatic heterocycles. The minimum atomic E-state index is -1.55. The number of ether oxygens (including phenoxy) is 4. The average Bonchev–Trinajstić information content (AvgIpc) is 3.89. The third-order valence-electron chi connectivity index (χ3n) is 14.0. The number of carbonyl (C=O) groups excluding carboxylic acids is 8. The van der Waals surface area contributed by atoms with E-state index in [0.29, 0.717) is 17.7 Å². The molecule has 434 valence electrons. The first-order chi connectivity index (χ1) is 37.7. The van der Waals surface area contributed by atoms with Crippen molar-refractivity contribution in [2.45, 2.75) is 163 Å². The maximum atomic E-state index is 15.0. The zero-order valence-corrected chi connectivity index (χ0v) is 48.9. The third-order valence-corrected chi connectivity index (χ3v) is 14.0. The Hall–Kier alpha value is -7.51. The molecular weight excluding hydrogens is 1020 g/mol. The van der Waals surface area contributed by atoms with E-state index in [1.807, 2.05) is 73.7 Å². The van der Waals surface area contributed by atoms with Crippen LogP contribution in [0.25, 0.3) is 11.3 Å². The lowest BCUT2D eigenvalue weighted by molar-refractivity contribution is -0.176. The predicted octanol–water partition coefficient (Wildman–Crippen LogP) is 6.37. The van der Waals surface area contributed by atoms with Crippen LogP contribution in [0.1, 0.15) is 112 Å². The van der Waals surface area contributed by atoms with E-state index < -0.39 is 96.1 Å². The predicted molar refractivity (Wildman–Crippen MR) is 298 cm³/mol. The summed E-state index contributed by atoms with van der Waals surface area (Å²) >= 11 is 0. The van der Waals surface area contributed by atoms with Crippen molar-refractivity contribution in [3.63, 3.8) is 0 Å². The quantitative estimate of drug-likeness (QED) is 0.0931. The van der Waals surface area contributed by atoms with Crippen LogP contribution in [0.2, 0.25) is 0 Å². The fourth-order valence-corrected chi connectivity index (χ4v) is 9.53. The van der Waals surface area contributed by atoms with Crippen molar-refractivity contribution < 1.29 is 57.3 Å². The molecule has 20 heteroatoms. The van der Waals surface area contributed by atoms with Crippen LogP contribution < -0.4 is 0 Å². The molecule has 0 N–H and O–H groups in total. The van der Waals surface area contributed by atoms with Gasteiger partial charge in [-0.1, -0.05) is 110 Å². The highest BCUT2D eigenvalue weighted by atomic mass is 16.6. The van der Waals surface area contributed by atoms with Crippen molar-refractivity contribution in [3.8, 4) is 11.3 Å². The SMILES string of the molecule is CC(C)C[C@H]1C(=O)O[C@H](Cc2ccc(Cn3cc(-c4ccncn4)cn3)cc2)C(=O)N(C)[C@@H](CC(C)C)C(=O)O[C@H](C)C(=O)N(C)[C@@H](CC(C)C)C(=O)O[C@H](Cc2ccccc2)C(=O)N(C)[C@@H](CC(C)C)C(=O)O[C@H](C)C(=O)N1C. The van der Waals surface area contributed by atoms with E-state index in [0.717, 1.165) is 36.4 Å². The number of carbonyl (C=O) groups is 8. The maximum absolute atomic E-state index is 15.0. The first-order valence-electron chi connectivity index (χ1n) is 27.5. The Kier molecular flexibility index (Phi) is 23.0. The number of cyclic esters (lactones) is 4. The Morgan fingerprint density at radius 2 is 0.850 bits per heavy atom. The number of nitrogens with zero attached hydrogens (tertiary/aromatic N) is 8. The molecule has 4 amide bonds. The van der Waals surface area contributed by atoms with Crippen molar-refractivity contribution in [1.82, 2.24) is 39.3 Å². The molecule has 2 aromatic heterocycles. The summed E-state index contributed by atoms with van der Waals surface area (Å²) in [5.41, 5.74) is 3.64. The second-order valence-corrected chi connectivity index (χ2v) is 22.6. The first kappa shape index (κ1) is 63.3. The molecule has 5 rings (SSSR count). The summed E-state index contributed by atoms with van der Waals surface area (Å²) in [6.07, 6.45) is 0.781. The molecule has 0 spiro atoms. The van der Waals surface area contributed by atoms with Gasteiger partial charge >= 0.3 is 23.9 Å². The lowest BCUT2D eigenvalue weighted by Gasteiger charge is -2.35. The van der Waals surface area contributed by atoms with Gasteiger partial charge in [-0.05, 0) is 86.0 Å². The number of likely N-dealkylation sites (N-methyl/N-ethyl adjacent to an activating group) is 4. The summed E-state index contributed by atoms with van der Waals surface area (Å²) in [7, 11) is 5.56. The molecule has 1 saturated heterocycles. The van der Waals surface area contributed by atoms with Crippen LogP contribution in [0.4, 0.5) is 0 Å². The number of aromatic nitrogens is 4. The van der Waals surface area contributed by atoms with Gasteiger partial charge in [0, 0.05) is 59.0 Å². The Morgan fingerprint density at radius 1 is 0.475 bits per heavy atom. The largest absolute Gasteiger partial charge is 0.451 e. The second-order valence-electron chi connectivity index (χ2n) is 22.6. The summed E-state index contributed by atoms with van der Waals surface area (Å²) in [4.78, 5) is 130. The van der Waals surface area contributed by atoms with E-state index in [1.54, 1.807) is 65.6 Å². The van der Waals surface area contributed by atoms with Crippen molar-refractivity contribution in [3.05, 3.63) is 102 Å². The van der Waals surface area contributed by atoms with E-state index in [2.05, 4.69) is 15.1 Å². The normalized spacial score (nSPS) is 23.2. The third kappa shape index (κ3) is 17.5. The van der Waals surface area contributed by atoms with Gasteiger partial charge in [0.1, 0.15) is 30.5 Å². The number of esters is 4. The molecule has 0 radical (unpaired) electrons. The molecule has 3 heterocycles. The van der Waals surface area contributed by atoms with Gasteiger partial charge in [-0.3, -0.25) is 23.9 Å². The molecule has 1 fully saturated rings. The molecule has 4 aromatic rings. The maximum Gasteiger partial charge on any atom is 0.329 e. The molecule has 80 heavy (non-hydrogen) atoms. The average molecular weight is 1110 g/mol. The monoisotopic (exact) mass is 1110 g/mol. The molecule has 0 aliphatic carbocycles. The molecule has 0 bridgehead atoms. The van der Waals surface area contributed by atoms with Crippen molar-refractivity contribution in [2.75, 3.05) is 28.2 Å². The summed E-state index contributed by atoms with van der Waals surface area (Å²) in [6.45, 7) is 17.9. The van der Waals surface area contributed by atoms with Gasteiger partial charge in [0.25, 0.3) is 23.6 Å². The highest BCUT2D eigenvalue weighted by molar-refractivity contribution is 5.94. The van der Waals surface area contributed by atoms with Gasteiger partial charge < -0.3 is 38.5 Å². The van der Waals surface area contributed by atoms with Gasteiger partial charge in [-0.2, -0.15) is 5.10 Å². The molecule has 0 unspecified atom stereocenters. The molecular formula is C60H82N8O12. The van der Waals surface area contributed by atoms with Crippen LogP contribution in [-0.2, 0) is 76.7 Å². The van der Waals surface area contributed by atoms with Crippen LogP contribution >= 0.6 is 0 Å².